The summed E-state index contributed by atoms with van der Waals surface area (Å²) < 4.78 is 29.6. The van der Waals surface area contributed by atoms with Crippen molar-refractivity contribution in [2.24, 2.45) is 0 Å². The first-order valence-electron chi connectivity index (χ1n) is 8.24. The van der Waals surface area contributed by atoms with E-state index in [0.29, 0.717) is 19.6 Å². The van der Waals surface area contributed by atoms with Gasteiger partial charge in [-0.2, -0.15) is 17.4 Å². The molecule has 1 saturated heterocycles. The lowest BCUT2D eigenvalue weighted by Gasteiger charge is -2.41. The molecule has 2 N–H and O–H groups in total. The predicted molar refractivity (Wildman–Crippen MR) is 92.0 cm³/mol. The Balaban J connectivity index is 1.61. The summed E-state index contributed by atoms with van der Waals surface area (Å²) in [5, 5.41) is 0.977. The molecule has 0 aromatic carbocycles. The Bertz CT molecular complexity index is 858. The number of anilines is 1. The van der Waals surface area contributed by atoms with Gasteiger partial charge in [-0.25, -0.2) is 9.97 Å². The highest BCUT2D eigenvalue weighted by atomic mass is 32.2. The lowest BCUT2D eigenvalue weighted by atomic mass is 10.2. The van der Waals surface area contributed by atoms with E-state index in [2.05, 4.69) is 24.6 Å². The Kier molecular flexibility index (Phi) is 3.55. The number of aromatic amines is 1. The van der Waals surface area contributed by atoms with Gasteiger partial charge < -0.3 is 9.88 Å². The molecule has 4 rings (SSSR count). The molecule has 1 spiro atoms. The van der Waals surface area contributed by atoms with Crippen molar-refractivity contribution in [3.05, 3.63) is 18.6 Å². The largest absolute Gasteiger partial charge is 0.353 e. The van der Waals surface area contributed by atoms with E-state index in [1.54, 1.807) is 10.6 Å². The Morgan fingerprint density at radius 1 is 1.29 bits per heavy atom. The van der Waals surface area contributed by atoms with Crippen LogP contribution >= 0.6 is 0 Å². The van der Waals surface area contributed by atoms with E-state index in [4.69, 9.17) is 0 Å². The Hall–Kier alpha value is -1.71. The average Bonchev–Trinajstić information content (AvgIpc) is 3.09. The molecule has 1 saturated carbocycles. The van der Waals surface area contributed by atoms with Gasteiger partial charge in [0.25, 0.3) is 10.2 Å². The summed E-state index contributed by atoms with van der Waals surface area (Å²) in [6.07, 6.45) is 5.19. The van der Waals surface area contributed by atoms with Gasteiger partial charge in [-0.15, -0.1) is 0 Å². The van der Waals surface area contributed by atoms with Gasteiger partial charge in [-0.3, -0.25) is 0 Å². The number of aromatic nitrogens is 3. The molecule has 0 radical (unpaired) electrons. The number of hydrogen-bond donors (Lipinski definition) is 2. The van der Waals surface area contributed by atoms with Crippen LogP contribution < -0.4 is 9.62 Å². The molecule has 9 heteroatoms. The number of rotatable bonds is 4. The van der Waals surface area contributed by atoms with E-state index in [9.17, 15) is 8.42 Å². The quantitative estimate of drug-likeness (QED) is 0.853. The molecule has 2 aliphatic rings. The van der Waals surface area contributed by atoms with Gasteiger partial charge in [0.05, 0.1) is 10.9 Å². The number of H-pyrrole nitrogens is 1. The fourth-order valence-electron chi connectivity index (χ4n) is 3.54. The van der Waals surface area contributed by atoms with E-state index in [1.165, 1.54) is 0 Å². The lowest BCUT2D eigenvalue weighted by molar-refractivity contribution is 0.266. The highest BCUT2D eigenvalue weighted by molar-refractivity contribution is 7.87. The highest BCUT2D eigenvalue weighted by Crippen LogP contribution is 2.46. The second kappa shape index (κ2) is 5.40. The molecule has 2 fully saturated rings. The molecule has 2 aromatic heterocycles. The minimum atomic E-state index is -3.45. The van der Waals surface area contributed by atoms with Gasteiger partial charge >= 0.3 is 0 Å². The second-order valence-corrected chi connectivity index (χ2v) is 8.56. The molecule has 1 aliphatic heterocycles. The van der Waals surface area contributed by atoms with Crippen molar-refractivity contribution in [3.63, 3.8) is 0 Å². The number of nitrogens with zero attached hydrogens (tertiary/aromatic N) is 4. The molecule has 0 amide bonds. The van der Waals surface area contributed by atoms with Gasteiger partial charge in [0, 0.05) is 31.9 Å². The van der Waals surface area contributed by atoms with Gasteiger partial charge in [0.1, 0.15) is 17.8 Å². The van der Waals surface area contributed by atoms with Gasteiger partial charge in [0.2, 0.25) is 0 Å². The van der Waals surface area contributed by atoms with Gasteiger partial charge in [-0.05, 0) is 32.8 Å². The van der Waals surface area contributed by atoms with Crippen LogP contribution in [0.1, 0.15) is 26.7 Å². The van der Waals surface area contributed by atoms with Crippen LogP contribution in [0.15, 0.2) is 18.6 Å². The first-order valence-corrected chi connectivity index (χ1v) is 9.68. The number of nitrogens with one attached hydrogen (secondary N) is 2. The Morgan fingerprint density at radius 2 is 2.08 bits per heavy atom. The summed E-state index contributed by atoms with van der Waals surface area (Å²) in [5.74, 6) is 0.876. The van der Waals surface area contributed by atoms with Crippen molar-refractivity contribution in [1.82, 2.24) is 24.0 Å². The normalized spacial score (nSPS) is 21.0. The summed E-state index contributed by atoms with van der Waals surface area (Å²) >= 11 is 0. The average molecular weight is 350 g/mol. The maximum absolute atomic E-state index is 12.6. The number of fused-ring (bicyclic) bond motifs is 1. The van der Waals surface area contributed by atoms with E-state index >= 15 is 0 Å². The summed E-state index contributed by atoms with van der Waals surface area (Å²) in [4.78, 5) is 14.0. The standard InChI is InChI=1S/C15H22N6O2S/c1-11(2)19-24(22,23)21-8-7-20(9-15(21)4-5-15)14-12-3-6-16-13(12)17-10-18-14/h3,6,10-11,19H,4-5,7-9H2,1-2H3,(H,16,17,18). The lowest BCUT2D eigenvalue weighted by Crippen LogP contribution is -2.60. The van der Waals surface area contributed by atoms with Crippen LogP contribution in [0.5, 0.6) is 0 Å². The first kappa shape index (κ1) is 15.8. The minimum Gasteiger partial charge on any atom is -0.353 e. The molecular weight excluding hydrogens is 328 g/mol. The number of piperazine rings is 1. The molecule has 0 unspecified atom stereocenters. The fourth-order valence-corrected chi connectivity index (χ4v) is 5.34. The van der Waals surface area contributed by atoms with Crippen LogP contribution in [0.25, 0.3) is 11.0 Å². The van der Waals surface area contributed by atoms with Gasteiger partial charge in [-0.1, -0.05) is 0 Å². The third-order valence-corrected chi connectivity index (χ3v) is 6.64. The third kappa shape index (κ3) is 2.56. The molecule has 24 heavy (non-hydrogen) atoms. The molecule has 0 atom stereocenters. The van der Waals surface area contributed by atoms with Crippen molar-refractivity contribution < 1.29 is 8.42 Å². The van der Waals surface area contributed by atoms with Gasteiger partial charge in [0.15, 0.2) is 0 Å². The van der Waals surface area contributed by atoms with E-state index in [-0.39, 0.29) is 11.6 Å². The zero-order valence-corrected chi connectivity index (χ0v) is 14.7. The second-order valence-electron chi connectivity index (χ2n) is 6.93. The van der Waals surface area contributed by atoms with Crippen LogP contribution in [0.2, 0.25) is 0 Å². The zero-order chi connectivity index (χ0) is 16.9. The topological polar surface area (TPSA) is 94.2 Å². The van der Waals surface area contributed by atoms with E-state index < -0.39 is 10.2 Å². The Labute approximate surface area is 141 Å². The van der Waals surface area contributed by atoms with Crippen LogP contribution in [0.3, 0.4) is 0 Å². The zero-order valence-electron chi connectivity index (χ0n) is 13.9. The molecule has 130 valence electrons. The monoisotopic (exact) mass is 350 g/mol. The van der Waals surface area contributed by atoms with Crippen molar-refractivity contribution in [2.75, 3.05) is 24.5 Å². The van der Waals surface area contributed by atoms with Crippen LogP contribution in [-0.4, -0.2) is 58.9 Å². The summed E-state index contributed by atoms with van der Waals surface area (Å²) in [6, 6.07) is 1.86. The molecule has 8 nitrogen and oxygen atoms in total. The van der Waals surface area contributed by atoms with Crippen LogP contribution in [0, 0.1) is 0 Å². The van der Waals surface area contributed by atoms with Crippen LogP contribution in [-0.2, 0) is 10.2 Å². The van der Waals surface area contributed by atoms with Crippen molar-refractivity contribution in [1.29, 1.82) is 0 Å². The van der Waals surface area contributed by atoms with Crippen LogP contribution in [0.4, 0.5) is 5.82 Å². The molecule has 2 aromatic rings. The maximum atomic E-state index is 12.6. The molecular formula is C15H22N6O2S. The fraction of sp³-hybridized carbons (Fsp3) is 0.600. The van der Waals surface area contributed by atoms with E-state index in [1.807, 2.05) is 26.1 Å². The maximum Gasteiger partial charge on any atom is 0.280 e. The summed E-state index contributed by atoms with van der Waals surface area (Å²) in [7, 11) is -3.45. The van der Waals surface area contributed by atoms with Crippen molar-refractivity contribution in [3.8, 4) is 0 Å². The molecule has 0 bridgehead atoms. The minimum absolute atomic E-state index is 0.106. The first-order chi connectivity index (χ1) is 11.4. The SMILES string of the molecule is CC(C)NS(=O)(=O)N1CCN(c2ncnc3[nH]ccc23)CC12CC2. The smallest absolute Gasteiger partial charge is 0.280 e. The summed E-state index contributed by atoms with van der Waals surface area (Å²) in [6.45, 7) is 5.45. The van der Waals surface area contributed by atoms with Crippen molar-refractivity contribution in [2.45, 2.75) is 38.3 Å². The predicted octanol–water partition coefficient (Wildman–Crippen LogP) is 0.855. The summed E-state index contributed by atoms with van der Waals surface area (Å²) in [5.41, 5.74) is 0.508. The third-order valence-electron chi connectivity index (χ3n) is 4.72. The number of hydrogen-bond acceptors (Lipinski definition) is 5. The molecule has 1 aliphatic carbocycles. The highest BCUT2D eigenvalue weighted by Gasteiger charge is 2.56. The van der Waals surface area contributed by atoms with Crippen molar-refractivity contribution >= 4 is 27.1 Å². The van der Waals surface area contributed by atoms with E-state index in [0.717, 1.165) is 29.7 Å². The molecule has 3 heterocycles. The Morgan fingerprint density at radius 3 is 2.79 bits per heavy atom.